The number of halogens is 1. The fraction of sp³-hybridized carbons (Fsp3) is 0.383. The molecule has 3 aliphatic rings. The average Bonchev–Trinajstić information content (AvgIpc) is 3.75. The highest BCUT2D eigenvalue weighted by atomic mass is 35.5. The van der Waals surface area contributed by atoms with E-state index >= 15 is 0 Å². The van der Waals surface area contributed by atoms with Crippen LogP contribution >= 0.6 is 11.6 Å². The van der Waals surface area contributed by atoms with E-state index in [0.29, 0.717) is 38.3 Å². The number of nitrogens with zero attached hydrogens (tertiary/aromatic N) is 4. The van der Waals surface area contributed by atoms with Gasteiger partial charge in [-0.2, -0.15) is 0 Å². The molecule has 0 unspecified atom stereocenters. The van der Waals surface area contributed by atoms with Gasteiger partial charge in [0, 0.05) is 92.3 Å². The zero-order chi connectivity index (χ0) is 45.9. The third-order valence-corrected chi connectivity index (χ3v) is 15.8. The Morgan fingerprint density at radius 3 is 2.42 bits per heavy atom. The number of rotatable bonds is 15. The van der Waals surface area contributed by atoms with E-state index in [2.05, 4.69) is 50.8 Å². The van der Waals surface area contributed by atoms with E-state index in [0.717, 1.165) is 79.7 Å². The Morgan fingerprint density at radius 2 is 1.68 bits per heavy atom. The lowest BCUT2D eigenvalue weighted by atomic mass is 9.72. The number of hydrogen-bond acceptors (Lipinski definition) is 12. The maximum Gasteiger partial charge on any atom is 0.293 e. The molecule has 15 nitrogen and oxygen atoms in total. The monoisotopic (exact) mass is 943 g/mol. The number of nitro benzene ring substituents is 1. The number of nitrogens with one attached hydrogen (secondary N) is 3. The van der Waals surface area contributed by atoms with Crippen LogP contribution in [0.4, 0.5) is 17.1 Å². The van der Waals surface area contributed by atoms with Crippen LogP contribution in [0.5, 0.6) is 11.5 Å². The number of H-pyrrole nitrogens is 1. The van der Waals surface area contributed by atoms with Crippen molar-refractivity contribution in [3.8, 4) is 11.5 Å². The van der Waals surface area contributed by atoms with Crippen molar-refractivity contribution >= 4 is 70.9 Å². The standard InChI is InChI=1S/C47H54ClN7O8S2/c1-47(2)16-14-35(41(31-47)33-4-6-36(48)7-5-33)32-53-20-22-54(23-21-53)37-8-11-40(45(29-37)63-38-9-12-42-34(28-38)15-18-50-42)46(56)51-65(61,62)39-10-13-43(44(30-39)55(57)58)49-17-3-19-52-24-26-64(59,60)27-25-52/h4-13,15,18,28-30,49-50H,3,14,16-17,19-27,31-32H2,1-2H3,(H,51,56). The summed E-state index contributed by atoms with van der Waals surface area (Å²) in [5.41, 5.74) is 5.62. The number of carbonyl (C=O) groups is 1. The van der Waals surface area contributed by atoms with Gasteiger partial charge >= 0.3 is 0 Å². The second-order valence-electron chi connectivity index (χ2n) is 17.8. The molecule has 0 saturated carbocycles. The van der Waals surface area contributed by atoms with Gasteiger partial charge in [-0.05, 0) is 109 Å². The zero-order valence-corrected chi connectivity index (χ0v) is 38.9. The number of allylic oxidation sites excluding steroid dienone is 1. The van der Waals surface area contributed by atoms with Crippen LogP contribution in [-0.2, 0) is 19.9 Å². The lowest BCUT2D eigenvalue weighted by Gasteiger charge is -2.39. The molecule has 3 heterocycles. The number of fused-ring (bicyclic) bond motifs is 1. The quantitative estimate of drug-likeness (QED) is 0.0523. The largest absolute Gasteiger partial charge is 0.456 e. The first-order chi connectivity index (χ1) is 31.0. The normalized spacial score (nSPS) is 18.1. The van der Waals surface area contributed by atoms with Gasteiger partial charge in [-0.15, -0.1) is 0 Å². The van der Waals surface area contributed by atoms with Gasteiger partial charge in [0.15, 0.2) is 9.84 Å². The van der Waals surface area contributed by atoms with Crippen molar-refractivity contribution in [3.63, 3.8) is 0 Å². The number of nitro groups is 1. The van der Waals surface area contributed by atoms with Crippen LogP contribution in [0.25, 0.3) is 16.5 Å². The Hall–Kier alpha value is -5.46. The minimum atomic E-state index is -4.59. The summed E-state index contributed by atoms with van der Waals surface area (Å²) in [6, 6.07) is 24.0. The number of carbonyl (C=O) groups excluding carboxylic acids is 1. The predicted molar refractivity (Wildman–Crippen MR) is 255 cm³/mol. The smallest absolute Gasteiger partial charge is 0.293 e. The molecule has 1 aliphatic carbocycles. The molecule has 0 bridgehead atoms. The lowest BCUT2D eigenvalue weighted by molar-refractivity contribution is -0.384. The van der Waals surface area contributed by atoms with E-state index in [9.17, 15) is 31.7 Å². The molecule has 0 atom stereocenters. The highest BCUT2D eigenvalue weighted by molar-refractivity contribution is 7.91. The van der Waals surface area contributed by atoms with Gasteiger partial charge in [-0.1, -0.05) is 43.2 Å². The van der Waals surface area contributed by atoms with E-state index in [1.807, 2.05) is 41.4 Å². The van der Waals surface area contributed by atoms with Crippen LogP contribution in [0.1, 0.15) is 55.5 Å². The third kappa shape index (κ3) is 11.3. The molecule has 2 fully saturated rings. The Labute approximate surface area is 384 Å². The molecule has 1 amide bonds. The Bertz CT molecular complexity index is 2830. The van der Waals surface area contributed by atoms with Crippen LogP contribution < -0.4 is 19.7 Å². The van der Waals surface area contributed by atoms with E-state index in [4.69, 9.17) is 16.3 Å². The number of hydrogen-bond donors (Lipinski definition) is 3. The van der Waals surface area contributed by atoms with Crippen molar-refractivity contribution in [2.45, 2.75) is 44.4 Å². The number of aromatic nitrogens is 1. The Morgan fingerprint density at radius 1 is 0.923 bits per heavy atom. The highest BCUT2D eigenvalue weighted by Crippen LogP contribution is 2.43. The first-order valence-electron chi connectivity index (χ1n) is 21.9. The molecule has 8 rings (SSSR count). The molecule has 344 valence electrons. The Balaban J connectivity index is 0.969. The zero-order valence-electron chi connectivity index (χ0n) is 36.5. The molecule has 18 heteroatoms. The molecule has 0 spiro atoms. The summed E-state index contributed by atoms with van der Waals surface area (Å²) < 4.78 is 59.4. The van der Waals surface area contributed by atoms with Gasteiger partial charge in [0.25, 0.3) is 21.6 Å². The Kier molecular flexibility index (Phi) is 13.6. The maximum absolute atomic E-state index is 14.0. The summed E-state index contributed by atoms with van der Waals surface area (Å²) >= 11 is 6.24. The fourth-order valence-electron chi connectivity index (χ4n) is 8.81. The number of anilines is 2. The number of amides is 1. The van der Waals surface area contributed by atoms with Gasteiger partial charge in [-0.25, -0.2) is 21.6 Å². The first kappa shape index (κ1) is 46.1. The molecule has 1 aromatic heterocycles. The molecule has 65 heavy (non-hydrogen) atoms. The molecular weight excluding hydrogens is 890 g/mol. The summed E-state index contributed by atoms with van der Waals surface area (Å²) in [7, 11) is -7.60. The SMILES string of the molecule is CC1(C)CCC(CN2CCN(c3ccc(C(=O)NS(=O)(=O)c4ccc(NCCCN5CCS(=O)(=O)CC5)c([N+](=O)[O-])c4)c(Oc4ccc5[nH]ccc5c4)c3)CC2)=C(c2ccc(Cl)cc2)C1. The van der Waals surface area contributed by atoms with Gasteiger partial charge in [0.1, 0.15) is 17.2 Å². The summed E-state index contributed by atoms with van der Waals surface area (Å²) in [4.78, 5) is 34.8. The number of benzene rings is 4. The van der Waals surface area contributed by atoms with Crippen LogP contribution in [-0.4, -0.2) is 113 Å². The van der Waals surface area contributed by atoms with Gasteiger partial charge in [-0.3, -0.25) is 19.8 Å². The number of piperazine rings is 1. The van der Waals surface area contributed by atoms with E-state index in [1.54, 1.807) is 24.3 Å². The molecule has 2 aliphatic heterocycles. The van der Waals surface area contributed by atoms with Crippen molar-refractivity contribution in [2.75, 3.05) is 80.6 Å². The van der Waals surface area contributed by atoms with E-state index < -0.39 is 41.3 Å². The second-order valence-corrected chi connectivity index (χ2v) is 22.3. The van der Waals surface area contributed by atoms with E-state index in [1.165, 1.54) is 28.8 Å². The molecule has 2 saturated heterocycles. The van der Waals surface area contributed by atoms with Crippen LogP contribution in [0.2, 0.25) is 5.02 Å². The van der Waals surface area contributed by atoms with Gasteiger partial charge < -0.3 is 24.8 Å². The summed E-state index contributed by atoms with van der Waals surface area (Å²) in [6.07, 6.45) is 5.56. The highest BCUT2D eigenvalue weighted by Gasteiger charge is 2.31. The molecular formula is C47H54ClN7O8S2. The van der Waals surface area contributed by atoms with Crippen LogP contribution in [0, 0.1) is 15.5 Å². The van der Waals surface area contributed by atoms with Crippen molar-refractivity contribution in [2.24, 2.45) is 5.41 Å². The summed E-state index contributed by atoms with van der Waals surface area (Å²) in [5, 5.41) is 16.7. The van der Waals surface area contributed by atoms with Crippen LogP contribution in [0.15, 0.2) is 102 Å². The predicted octanol–water partition coefficient (Wildman–Crippen LogP) is 7.96. The number of sulfone groups is 1. The number of aromatic amines is 1. The molecule has 0 radical (unpaired) electrons. The van der Waals surface area contributed by atoms with Crippen molar-refractivity contribution < 1.29 is 31.3 Å². The van der Waals surface area contributed by atoms with Crippen molar-refractivity contribution in [1.82, 2.24) is 19.5 Å². The van der Waals surface area contributed by atoms with Crippen molar-refractivity contribution in [1.29, 1.82) is 0 Å². The average molecular weight is 945 g/mol. The summed E-state index contributed by atoms with van der Waals surface area (Å²) in [5.74, 6) is -0.167. The topological polar surface area (TPSA) is 187 Å². The third-order valence-electron chi connectivity index (χ3n) is 12.6. The second kappa shape index (κ2) is 19.2. The first-order valence-corrected chi connectivity index (χ1v) is 25.5. The minimum Gasteiger partial charge on any atom is -0.456 e. The molecule has 5 aromatic rings. The fourth-order valence-corrected chi connectivity index (χ4v) is 11.2. The lowest BCUT2D eigenvalue weighted by Crippen LogP contribution is -2.47. The number of sulfonamides is 1. The summed E-state index contributed by atoms with van der Waals surface area (Å²) in [6.45, 7) is 10.4. The maximum atomic E-state index is 14.0. The van der Waals surface area contributed by atoms with Crippen LogP contribution in [0.3, 0.4) is 0 Å². The molecule has 3 N–H and O–H groups in total. The number of ether oxygens (including phenoxy) is 1. The minimum absolute atomic E-state index is 0.0360. The van der Waals surface area contributed by atoms with Gasteiger partial charge in [0.2, 0.25) is 0 Å². The van der Waals surface area contributed by atoms with Gasteiger partial charge in [0.05, 0.1) is 26.9 Å². The van der Waals surface area contributed by atoms with Crippen molar-refractivity contribution in [3.05, 3.63) is 123 Å². The molecule has 4 aromatic carbocycles. The van der Waals surface area contributed by atoms with E-state index in [-0.39, 0.29) is 33.9 Å².